The Bertz CT molecular complexity index is 55.4. The third kappa shape index (κ3) is 1.48. The molecule has 1 unspecified atom stereocenters. The van der Waals surface area contributed by atoms with Crippen molar-refractivity contribution in [2.75, 3.05) is 13.2 Å². The van der Waals surface area contributed by atoms with E-state index in [1.54, 1.807) is 0 Å². The van der Waals surface area contributed by atoms with Crippen molar-refractivity contribution in [2.45, 2.75) is 19.8 Å². The molecule has 0 aromatic rings. The molecule has 0 bridgehead atoms. The maximum Gasteiger partial charge on any atom is 0.0496 e. The van der Waals surface area contributed by atoms with Gasteiger partial charge in [-0.1, -0.05) is 6.92 Å². The van der Waals surface area contributed by atoms with E-state index in [-0.39, 0.29) is 0 Å². The van der Waals surface area contributed by atoms with Crippen molar-refractivity contribution in [3.05, 3.63) is 6.42 Å². The molecular formula is C7H13O. The molecular weight excluding hydrogens is 100 g/mol. The highest BCUT2D eigenvalue weighted by Crippen LogP contribution is 2.14. The summed E-state index contributed by atoms with van der Waals surface area (Å²) >= 11 is 0. The van der Waals surface area contributed by atoms with Crippen molar-refractivity contribution in [3.63, 3.8) is 0 Å². The lowest BCUT2D eigenvalue weighted by molar-refractivity contribution is 0.0661. The van der Waals surface area contributed by atoms with E-state index in [1.165, 1.54) is 12.8 Å². The van der Waals surface area contributed by atoms with Gasteiger partial charge in [0.15, 0.2) is 0 Å². The highest BCUT2D eigenvalue weighted by molar-refractivity contribution is 4.73. The number of rotatable bonds is 1. The summed E-state index contributed by atoms with van der Waals surface area (Å²) in [5, 5.41) is 0. The average Bonchev–Trinajstić information content (AvgIpc) is 1.90. The number of ether oxygens (including phenoxy) is 1. The molecule has 1 fully saturated rings. The molecule has 0 saturated carbocycles. The SMILES string of the molecule is C[CH]C1CCCOC1. The smallest absolute Gasteiger partial charge is 0.0496 e. The Hall–Kier alpha value is -0.0400. The van der Waals surface area contributed by atoms with Crippen LogP contribution in [0.4, 0.5) is 0 Å². The van der Waals surface area contributed by atoms with E-state index in [4.69, 9.17) is 4.74 Å². The highest BCUT2D eigenvalue weighted by Gasteiger charge is 2.10. The van der Waals surface area contributed by atoms with Crippen molar-refractivity contribution >= 4 is 0 Å². The van der Waals surface area contributed by atoms with Gasteiger partial charge < -0.3 is 4.74 Å². The zero-order valence-electron chi connectivity index (χ0n) is 5.39. The molecule has 1 aliphatic heterocycles. The van der Waals surface area contributed by atoms with Gasteiger partial charge in [0.1, 0.15) is 0 Å². The number of hydrogen-bond acceptors (Lipinski definition) is 1. The van der Waals surface area contributed by atoms with Gasteiger partial charge >= 0.3 is 0 Å². The Morgan fingerprint density at radius 1 is 1.62 bits per heavy atom. The minimum atomic E-state index is 0.740. The Balaban J connectivity index is 2.13. The number of hydrogen-bond donors (Lipinski definition) is 0. The van der Waals surface area contributed by atoms with E-state index in [1.807, 2.05) is 0 Å². The molecule has 1 aliphatic rings. The molecule has 8 heavy (non-hydrogen) atoms. The second kappa shape index (κ2) is 3.08. The third-order valence-electron chi connectivity index (χ3n) is 1.67. The Morgan fingerprint density at radius 3 is 2.88 bits per heavy atom. The van der Waals surface area contributed by atoms with Crippen LogP contribution in [0.5, 0.6) is 0 Å². The molecule has 0 spiro atoms. The molecule has 0 aliphatic carbocycles. The van der Waals surface area contributed by atoms with Crippen molar-refractivity contribution in [3.8, 4) is 0 Å². The summed E-state index contributed by atoms with van der Waals surface area (Å²) in [6.45, 7) is 4.04. The lowest BCUT2D eigenvalue weighted by atomic mass is 10.0. The Morgan fingerprint density at radius 2 is 2.50 bits per heavy atom. The summed E-state index contributed by atoms with van der Waals surface area (Å²) in [4.78, 5) is 0. The van der Waals surface area contributed by atoms with Crippen LogP contribution in [0.15, 0.2) is 0 Å². The van der Waals surface area contributed by atoms with Gasteiger partial charge in [-0.3, -0.25) is 0 Å². The van der Waals surface area contributed by atoms with Crippen LogP contribution in [0.2, 0.25) is 0 Å². The zero-order valence-corrected chi connectivity index (χ0v) is 5.39. The van der Waals surface area contributed by atoms with Gasteiger partial charge in [0.05, 0.1) is 0 Å². The summed E-state index contributed by atoms with van der Waals surface area (Å²) < 4.78 is 5.24. The van der Waals surface area contributed by atoms with E-state index >= 15 is 0 Å². The van der Waals surface area contributed by atoms with Gasteiger partial charge in [-0.2, -0.15) is 0 Å². The van der Waals surface area contributed by atoms with Crippen LogP contribution < -0.4 is 0 Å². The van der Waals surface area contributed by atoms with Crippen LogP contribution in [-0.4, -0.2) is 13.2 Å². The van der Waals surface area contributed by atoms with Crippen LogP contribution in [0.25, 0.3) is 0 Å². The lowest BCUT2D eigenvalue weighted by Gasteiger charge is -2.19. The Kier molecular flexibility index (Phi) is 2.34. The minimum Gasteiger partial charge on any atom is -0.381 e. The summed E-state index contributed by atoms with van der Waals surface area (Å²) in [5.41, 5.74) is 0. The van der Waals surface area contributed by atoms with Crippen LogP contribution in [0.1, 0.15) is 19.8 Å². The molecule has 1 heteroatoms. The topological polar surface area (TPSA) is 9.23 Å². The second-order valence-corrected chi connectivity index (χ2v) is 2.31. The Labute approximate surface area is 51.0 Å². The quantitative estimate of drug-likeness (QED) is 0.502. The van der Waals surface area contributed by atoms with E-state index in [9.17, 15) is 0 Å². The van der Waals surface area contributed by atoms with E-state index < -0.39 is 0 Å². The molecule has 0 aromatic heterocycles. The second-order valence-electron chi connectivity index (χ2n) is 2.31. The first kappa shape index (κ1) is 6.09. The van der Waals surface area contributed by atoms with Crippen molar-refractivity contribution < 1.29 is 4.74 Å². The van der Waals surface area contributed by atoms with Gasteiger partial charge in [-0.15, -0.1) is 0 Å². The summed E-state index contributed by atoms with van der Waals surface area (Å²) in [6, 6.07) is 0. The van der Waals surface area contributed by atoms with E-state index in [2.05, 4.69) is 13.3 Å². The van der Waals surface area contributed by atoms with E-state index in [0.717, 1.165) is 19.1 Å². The van der Waals surface area contributed by atoms with Gasteiger partial charge in [0.2, 0.25) is 0 Å². The maximum atomic E-state index is 5.24. The molecule has 1 rings (SSSR count). The van der Waals surface area contributed by atoms with Crippen molar-refractivity contribution in [2.24, 2.45) is 5.92 Å². The van der Waals surface area contributed by atoms with Crippen molar-refractivity contribution in [1.29, 1.82) is 0 Å². The monoisotopic (exact) mass is 113 g/mol. The molecule has 1 nitrogen and oxygen atoms in total. The predicted molar refractivity (Wildman–Crippen MR) is 33.5 cm³/mol. The molecule has 1 radical (unpaired) electrons. The molecule has 0 N–H and O–H groups in total. The first-order chi connectivity index (χ1) is 3.93. The third-order valence-corrected chi connectivity index (χ3v) is 1.67. The van der Waals surface area contributed by atoms with Gasteiger partial charge in [-0.05, 0) is 25.2 Å². The van der Waals surface area contributed by atoms with Crippen LogP contribution in [0.3, 0.4) is 0 Å². The van der Waals surface area contributed by atoms with Gasteiger partial charge in [0.25, 0.3) is 0 Å². The first-order valence-electron chi connectivity index (χ1n) is 3.30. The molecule has 1 saturated heterocycles. The summed E-state index contributed by atoms with van der Waals surface area (Å²) in [7, 11) is 0. The fourth-order valence-electron chi connectivity index (χ4n) is 1.03. The fraction of sp³-hybridized carbons (Fsp3) is 0.857. The molecule has 1 atom stereocenters. The normalized spacial score (nSPS) is 30.4. The van der Waals surface area contributed by atoms with E-state index in [0.29, 0.717) is 0 Å². The highest BCUT2D eigenvalue weighted by atomic mass is 16.5. The van der Waals surface area contributed by atoms with Gasteiger partial charge in [-0.25, -0.2) is 0 Å². The van der Waals surface area contributed by atoms with Gasteiger partial charge in [0, 0.05) is 13.2 Å². The standard InChI is InChI=1S/C7H13O/c1-2-7-4-3-5-8-6-7/h2,7H,3-6H2,1H3. The van der Waals surface area contributed by atoms with Crippen LogP contribution in [-0.2, 0) is 4.74 Å². The minimum absolute atomic E-state index is 0.740. The van der Waals surface area contributed by atoms with Crippen LogP contribution >= 0.6 is 0 Å². The first-order valence-corrected chi connectivity index (χ1v) is 3.30. The molecule has 0 aromatic carbocycles. The molecule has 0 amide bonds. The largest absolute Gasteiger partial charge is 0.381 e. The summed E-state index contributed by atoms with van der Waals surface area (Å²) in [6.07, 6.45) is 4.81. The fourth-order valence-corrected chi connectivity index (χ4v) is 1.03. The summed E-state index contributed by atoms with van der Waals surface area (Å²) in [5.74, 6) is 0.740. The van der Waals surface area contributed by atoms with Crippen molar-refractivity contribution in [1.82, 2.24) is 0 Å². The average molecular weight is 113 g/mol. The maximum absolute atomic E-state index is 5.24. The lowest BCUT2D eigenvalue weighted by Crippen LogP contribution is -2.16. The molecule has 1 heterocycles. The zero-order chi connectivity index (χ0) is 5.82. The molecule has 47 valence electrons. The predicted octanol–water partition coefficient (Wildman–Crippen LogP) is 1.64. The van der Waals surface area contributed by atoms with Crippen LogP contribution in [0, 0.1) is 12.3 Å².